The van der Waals surface area contributed by atoms with Crippen LogP contribution in [0.15, 0.2) is 0 Å². The first-order valence-electron chi connectivity index (χ1n) is 45.5. The molecule has 0 aromatic heterocycles. The van der Waals surface area contributed by atoms with E-state index < -0.39 is 184 Å². The van der Waals surface area contributed by atoms with Gasteiger partial charge < -0.3 is 0 Å². The molecule has 0 aliphatic heterocycles. The Labute approximate surface area is 776 Å². The molecule has 0 aromatic carbocycles. The van der Waals surface area contributed by atoms with Crippen LogP contribution in [0.1, 0.15) is 409 Å². The smallest absolute Gasteiger partial charge is 0.171 e. The molecular formula is C92H170F42. The van der Waals surface area contributed by atoms with Crippen molar-refractivity contribution >= 4 is 0 Å². The predicted octanol–water partition coefficient (Wildman–Crippen LogP) is 44.5. The van der Waals surface area contributed by atoms with Gasteiger partial charge in [-0.2, -0.15) is 184 Å². The number of hydrogen-bond acceptors (Lipinski definition) is 0. The molecule has 0 radical (unpaired) electrons. The second-order valence-electron chi connectivity index (χ2n) is 38.2. The Hall–Kier alpha value is -2.94. The highest BCUT2D eigenvalue weighted by Gasteiger charge is 2.58. The Morgan fingerprint density at radius 1 is 0.231 bits per heavy atom. The van der Waals surface area contributed by atoms with E-state index in [0.29, 0.717) is 49.4 Å². The minimum absolute atomic E-state index is 0.0658. The molecule has 0 saturated heterocycles. The molecule has 0 rings (SSSR count). The van der Waals surface area contributed by atoms with Crippen LogP contribution < -0.4 is 0 Å². The molecule has 0 bridgehead atoms. The summed E-state index contributed by atoms with van der Waals surface area (Å²) >= 11 is 0. The maximum atomic E-state index is 12.1. The van der Waals surface area contributed by atoms with Gasteiger partial charge in [-0.25, -0.2) is 0 Å². The molecule has 0 amide bonds. The first kappa shape index (κ1) is 162. The van der Waals surface area contributed by atoms with Crippen molar-refractivity contribution in [2.24, 2.45) is 98.6 Å². The van der Waals surface area contributed by atoms with Crippen LogP contribution in [0, 0.1) is 98.6 Å². The van der Waals surface area contributed by atoms with Gasteiger partial charge in [-0.15, -0.1) is 0 Å². The molecule has 832 valence electrons. The quantitative estimate of drug-likeness (QED) is 0.0568. The van der Waals surface area contributed by atoms with Gasteiger partial charge in [-0.1, -0.05) is 345 Å². The SMILES string of the molecule is CC(C)C(C)(C)C(F)(F)F.CC(C)C(C)C.CC(C)CC(C(F)(F)F)C(F)(F)F.CCC(C)(C)C.CCC(C)(C)C.CCC(C)CC.CCCC(C(F)(F)F)C(F)(F)F.CCCC(C)(C)C(F)(F)F.CCCCC(C(F)(F)F)C(F)(F)F.CCCCCCC(F)(F)F.CCCC[C@H](C)C(F)(F)F.CCC[C@H](C)CC(F)(F)F.CC[C@H](C)C(C)C(F)(F)F.C[C@@H](CCC(F)(F)F)C(F)(F)F. The van der Waals surface area contributed by atoms with Crippen molar-refractivity contribution in [3.8, 4) is 0 Å². The predicted molar refractivity (Wildman–Crippen MR) is 459 cm³/mol. The second-order valence-corrected chi connectivity index (χ2v) is 38.2. The lowest BCUT2D eigenvalue weighted by atomic mass is 9.81. The fourth-order valence-corrected chi connectivity index (χ4v) is 7.67. The summed E-state index contributed by atoms with van der Waals surface area (Å²) in [4.78, 5) is 0. The molecule has 0 spiro atoms. The van der Waals surface area contributed by atoms with Crippen LogP contribution in [0.4, 0.5) is 184 Å². The van der Waals surface area contributed by atoms with E-state index in [9.17, 15) is 184 Å². The van der Waals surface area contributed by atoms with Crippen molar-refractivity contribution in [2.45, 2.75) is 496 Å². The molecule has 0 heterocycles. The summed E-state index contributed by atoms with van der Waals surface area (Å²) in [6.07, 6.45) is -57.5. The van der Waals surface area contributed by atoms with Gasteiger partial charge in [0.1, 0.15) is 0 Å². The van der Waals surface area contributed by atoms with Gasteiger partial charge in [0, 0.05) is 19.3 Å². The van der Waals surface area contributed by atoms with Crippen LogP contribution in [0.2, 0.25) is 0 Å². The van der Waals surface area contributed by atoms with E-state index in [0.717, 1.165) is 50.4 Å². The monoisotopic (exact) mass is 2070 g/mol. The topological polar surface area (TPSA) is 0 Å². The third kappa shape index (κ3) is 116. The van der Waals surface area contributed by atoms with Crippen molar-refractivity contribution in [1.29, 1.82) is 0 Å². The van der Waals surface area contributed by atoms with E-state index in [1.54, 1.807) is 48.5 Å². The van der Waals surface area contributed by atoms with Crippen LogP contribution in [-0.4, -0.2) is 86.5 Å². The number of rotatable bonds is 27. The van der Waals surface area contributed by atoms with E-state index in [-0.39, 0.29) is 49.9 Å². The Bertz CT molecular complexity index is 2460. The molecule has 134 heavy (non-hydrogen) atoms. The van der Waals surface area contributed by atoms with Crippen molar-refractivity contribution in [3.63, 3.8) is 0 Å². The molecule has 42 heteroatoms. The molecule has 0 aromatic rings. The molecule has 0 aliphatic rings. The Balaban J connectivity index is -0.0000000970. The van der Waals surface area contributed by atoms with Crippen LogP contribution in [0.3, 0.4) is 0 Å². The zero-order chi connectivity index (χ0) is 112. The number of hydrogen-bond donors (Lipinski definition) is 0. The van der Waals surface area contributed by atoms with E-state index in [1.165, 1.54) is 88.0 Å². The molecule has 0 nitrogen and oxygen atoms in total. The molecule has 0 N–H and O–H groups in total. The van der Waals surface area contributed by atoms with Crippen LogP contribution in [0.5, 0.6) is 0 Å². The van der Waals surface area contributed by atoms with Gasteiger partial charge >= 0.3 is 86.5 Å². The zero-order valence-corrected chi connectivity index (χ0v) is 85.8. The lowest BCUT2D eigenvalue weighted by Crippen LogP contribution is -2.37. The molecular weight excluding hydrogens is 1900 g/mol. The zero-order valence-electron chi connectivity index (χ0n) is 85.8. The Morgan fingerprint density at radius 2 is 0.522 bits per heavy atom. The van der Waals surface area contributed by atoms with Crippen molar-refractivity contribution < 1.29 is 184 Å². The second kappa shape index (κ2) is 74.9. The number of unbranched alkanes of at least 4 members (excludes halogenated alkanes) is 5. The molecule has 5 atom stereocenters. The third-order valence-corrected chi connectivity index (χ3v) is 20.8. The average Bonchev–Trinajstić information content (AvgIpc) is 0.871. The number of halogens is 42. The van der Waals surface area contributed by atoms with E-state index in [4.69, 9.17) is 0 Å². The van der Waals surface area contributed by atoms with Crippen LogP contribution in [0.25, 0.3) is 0 Å². The van der Waals surface area contributed by atoms with Crippen molar-refractivity contribution in [2.75, 3.05) is 0 Å². The maximum Gasteiger partial charge on any atom is 0.400 e. The molecule has 0 aliphatic carbocycles. The fourth-order valence-electron chi connectivity index (χ4n) is 7.67. The summed E-state index contributed by atoms with van der Waals surface area (Å²) in [6.45, 7) is 62.9. The highest BCUT2D eigenvalue weighted by Crippen LogP contribution is 2.47. The summed E-state index contributed by atoms with van der Waals surface area (Å²) in [5.41, 5.74) is -1.99. The minimum Gasteiger partial charge on any atom is -0.171 e. The lowest BCUT2D eigenvalue weighted by Gasteiger charge is -2.31. The highest BCUT2D eigenvalue weighted by atomic mass is 19.5. The summed E-state index contributed by atoms with van der Waals surface area (Å²) in [7, 11) is 0. The van der Waals surface area contributed by atoms with Gasteiger partial charge in [0.2, 0.25) is 0 Å². The Morgan fingerprint density at radius 3 is 0.672 bits per heavy atom. The van der Waals surface area contributed by atoms with E-state index in [2.05, 4.69) is 104 Å². The maximum absolute atomic E-state index is 12.1. The summed E-state index contributed by atoms with van der Waals surface area (Å²) in [5.74, 6) is -12.6. The first-order valence-corrected chi connectivity index (χ1v) is 45.5. The number of alkyl halides is 42. The largest absolute Gasteiger partial charge is 0.400 e. The van der Waals surface area contributed by atoms with Gasteiger partial charge in [0.05, 0.1) is 28.6 Å². The van der Waals surface area contributed by atoms with Gasteiger partial charge in [-0.3, -0.25) is 0 Å². The summed E-state index contributed by atoms with van der Waals surface area (Å²) in [5, 5.41) is 0. The summed E-state index contributed by atoms with van der Waals surface area (Å²) < 4.78 is 494. The fraction of sp³-hybridized carbons (Fsp3) is 1.00. The minimum atomic E-state index is -5.19. The Kier molecular flexibility index (Phi) is 90.4. The molecule has 0 saturated carbocycles. The standard InChI is InChI=1S/2C7H10F6.6C7H13F3.2C6H8F6.4C6H14/c1-4(2)3-5(6(8,9)10)7(11,12)13;1-2-3-4-5(6(8,9)10)7(11,12)13;1-5(2)6(3,4)7(8,9)10;1-4-5-6(2,3)7(8,9)10;1-4-5(2)6(3)7(8,9)10;1-3-4-6(2)5-7(8,9)10;1-3-4-5-6(2)7(8,9)10;1-2-3-4-5-6-7(8,9)10;1-4(6(10,11)12)2-3-5(7,8)9;1-2-3-4(5(7,8)9)6(10,11)12;2*1-5-6(2,3)4;1-5(2)6(3)4;1-4-6(3)5-2/h4-5H,3H2,1-2H3;5H,2-4H2,1H3;5H,1-4H3;4-5H2,1-3H3;5-6H,4H2,1-3H3;2*6H,3-5H2,1-2H3;2-6H2,1H3;2*4H,2-3H2,1H3;2*5H2,1-4H3;5-6H,1-4H3;6H,4-5H2,1-3H3/t;;;;5-,6?;2*6-;;4-;;;;;/m....000.0...../s1. The van der Waals surface area contributed by atoms with Gasteiger partial charge in [0.25, 0.3) is 0 Å². The van der Waals surface area contributed by atoms with E-state index >= 15 is 0 Å². The van der Waals surface area contributed by atoms with Crippen molar-refractivity contribution in [1.82, 2.24) is 0 Å². The third-order valence-electron chi connectivity index (χ3n) is 20.8. The molecule has 0 fully saturated rings. The first-order chi connectivity index (χ1) is 58.5. The lowest BCUT2D eigenvalue weighted by molar-refractivity contribution is -0.288. The van der Waals surface area contributed by atoms with Crippen molar-refractivity contribution in [3.05, 3.63) is 0 Å². The van der Waals surface area contributed by atoms with Gasteiger partial charge in [0.15, 0.2) is 17.8 Å². The highest BCUT2D eigenvalue weighted by molar-refractivity contribution is 4.81. The van der Waals surface area contributed by atoms with Crippen LogP contribution >= 0.6 is 0 Å². The molecule has 1 unspecified atom stereocenters. The summed E-state index contributed by atoms with van der Waals surface area (Å²) in [6, 6.07) is 0. The normalized spacial score (nSPS) is 14.1. The van der Waals surface area contributed by atoms with Gasteiger partial charge in [-0.05, 0) is 97.2 Å². The van der Waals surface area contributed by atoms with E-state index in [1.807, 2.05) is 20.8 Å². The average molecular weight is 2070 g/mol. The van der Waals surface area contributed by atoms with Crippen LogP contribution in [-0.2, 0) is 0 Å².